The fourth-order valence-corrected chi connectivity index (χ4v) is 3.24. The van der Waals surface area contributed by atoms with Crippen molar-refractivity contribution in [3.63, 3.8) is 0 Å². The number of nitrogens with zero attached hydrogens (tertiary/aromatic N) is 1. The summed E-state index contributed by atoms with van der Waals surface area (Å²) < 4.78 is 24.7. The van der Waals surface area contributed by atoms with E-state index in [1.54, 1.807) is 11.2 Å². The lowest BCUT2D eigenvalue weighted by Crippen LogP contribution is -2.35. The Morgan fingerprint density at radius 3 is 2.43 bits per heavy atom. The van der Waals surface area contributed by atoms with Gasteiger partial charge < -0.3 is 5.73 Å². The van der Waals surface area contributed by atoms with E-state index in [4.69, 9.17) is 5.73 Å². The molecule has 0 bridgehead atoms. The van der Waals surface area contributed by atoms with E-state index in [1.165, 1.54) is 0 Å². The van der Waals surface area contributed by atoms with Crippen molar-refractivity contribution in [2.45, 2.75) is 26.3 Å². The average molecular weight is 243 g/mol. The van der Waals surface area contributed by atoms with Crippen LogP contribution in [0.4, 0.5) is 0 Å². The summed E-state index contributed by atoms with van der Waals surface area (Å²) in [5.74, 6) is 0.533. The third-order valence-corrected chi connectivity index (χ3v) is 4.61. The number of hydrogen-bond acceptors (Lipinski definition) is 3. The Kier molecular flexibility index (Phi) is 5.36. The molecule has 1 saturated heterocycles. The summed E-state index contributed by atoms with van der Waals surface area (Å²) in [5.41, 5.74) is 5.52. The largest absolute Gasteiger partial charge is 0.330 e. The van der Waals surface area contributed by atoms with Crippen molar-refractivity contribution in [2.75, 3.05) is 18.8 Å². The SMILES string of the molecule is CCS(=O)(=O)N1CC(CN)CC1C.Cl. The number of hydrogen-bond donors (Lipinski definition) is 1. The molecule has 2 unspecified atom stereocenters. The first kappa shape index (κ1) is 14.2. The predicted molar refractivity (Wildman–Crippen MR) is 60.0 cm³/mol. The van der Waals surface area contributed by atoms with E-state index < -0.39 is 10.0 Å². The Morgan fingerprint density at radius 1 is 1.50 bits per heavy atom. The Morgan fingerprint density at radius 2 is 2.07 bits per heavy atom. The van der Waals surface area contributed by atoms with Crippen LogP contribution in [-0.4, -0.2) is 37.6 Å². The molecule has 14 heavy (non-hydrogen) atoms. The van der Waals surface area contributed by atoms with Crippen LogP contribution in [0.1, 0.15) is 20.3 Å². The van der Waals surface area contributed by atoms with Gasteiger partial charge in [0, 0.05) is 12.6 Å². The van der Waals surface area contributed by atoms with Gasteiger partial charge in [-0.1, -0.05) is 0 Å². The highest BCUT2D eigenvalue weighted by atomic mass is 35.5. The highest BCUT2D eigenvalue weighted by Gasteiger charge is 2.35. The molecule has 0 aliphatic carbocycles. The van der Waals surface area contributed by atoms with Gasteiger partial charge in [-0.05, 0) is 32.7 Å². The van der Waals surface area contributed by atoms with Crippen LogP contribution >= 0.6 is 12.4 Å². The van der Waals surface area contributed by atoms with Crippen molar-refractivity contribution >= 4 is 22.4 Å². The van der Waals surface area contributed by atoms with Gasteiger partial charge in [0.2, 0.25) is 10.0 Å². The molecule has 1 heterocycles. The first-order valence-electron chi connectivity index (χ1n) is 4.70. The highest BCUT2D eigenvalue weighted by Crippen LogP contribution is 2.24. The second kappa shape index (κ2) is 5.30. The van der Waals surface area contributed by atoms with Gasteiger partial charge in [-0.25, -0.2) is 8.42 Å². The second-order valence-corrected chi connectivity index (χ2v) is 5.87. The second-order valence-electron chi connectivity index (χ2n) is 3.66. The molecule has 0 aromatic carbocycles. The molecule has 0 aromatic heterocycles. The number of sulfonamides is 1. The highest BCUT2D eigenvalue weighted by molar-refractivity contribution is 7.89. The normalized spacial score (nSPS) is 28.8. The molecule has 2 atom stereocenters. The Bertz CT molecular complexity index is 269. The summed E-state index contributed by atoms with van der Waals surface area (Å²) in [7, 11) is -3.01. The lowest BCUT2D eigenvalue weighted by Gasteiger charge is -2.19. The van der Waals surface area contributed by atoms with E-state index >= 15 is 0 Å². The zero-order valence-corrected chi connectivity index (χ0v) is 10.3. The van der Waals surface area contributed by atoms with Crippen LogP contribution in [0.15, 0.2) is 0 Å². The van der Waals surface area contributed by atoms with Crippen LogP contribution in [0.3, 0.4) is 0 Å². The maximum Gasteiger partial charge on any atom is 0.214 e. The quantitative estimate of drug-likeness (QED) is 0.781. The Labute approximate surface area is 92.3 Å². The average Bonchev–Trinajstić information content (AvgIpc) is 2.47. The van der Waals surface area contributed by atoms with Gasteiger partial charge in [0.25, 0.3) is 0 Å². The molecule has 2 N–H and O–H groups in total. The smallest absolute Gasteiger partial charge is 0.214 e. The molecule has 0 aromatic rings. The summed E-state index contributed by atoms with van der Waals surface area (Å²) in [6.07, 6.45) is 0.899. The van der Waals surface area contributed by atoms with Gasteiger partial charge in [-0.15, -0.1) is 12.4 Å². The summed E-state index contributed by atoms with van der Waals surface area (Å²) >= 11 is 0. The van der Waals surface area contributed by atoms with Crippen molar-refractivity contribution in [1.29, 1.82) is 0 Å². The molecule has 1 rings (SSSR count). The van der Waals surface area contributed by atoms with Crippen molar-refractivity contribution in [3.8, 4) is 0 Å². The van der Waals surface area contributed by atoms with Crippen LogP contribution in [0.25, 0.3) is 0 Å². The molecule has 0 amide bonds. The summed E-state index contributed by atoms with van der Waals surface area (Å²) in [4.78, 5) is 0. The third-order valence-electron chi connectivity index (χ3n) is 2.66. The summed E-state index contributed by atoms with van der Waals surface area (Å²) in [5, 5.41) is 0. The fourth-order valence-electron chi connectivity index (χ4n) is 1.83. The number of halogens is 1. The molecule has 0 spiro atoms. The maximum atomic E-state index is 11.6. The molecule has 0 radical (unpaired) electrons. The lowest BCUT2D eigenvalue weighted by molar-refractivity contribution is 0.405. The van der Waals surface area contributed by atoms with Crippen LogP contribution in [-0.2, 0) is 10.0 Å². The van der Waals surface area contributed by atoms with E-state index in [9.17, 15) is 8.42 Å². The molecule has 1 aliphatic heterocycles. The molecular weight excluding hydrogens is 224 g/mol. The van der Waals surface area contributed by atoms with Crippen molar-refractivity contribution in [3.05, 3.63) is 0 Å². The first-order chi connectivity index (χ1) is 6.01. The molecule has 6 heteroatoms. The van der Waals surface area contributed by atoms with E-state index in [2.05, 4.69) is 0 Å². The maximum absolute atomic E-state index is 11.6. The van der Waals surface area contributed by atoms with E-state index in [1.807, 2.05) is 6.92 Å². The predicted octanol–water partition coefficient (Wildman–Crippen LogP) is 0.427. The fraction of sp³-hybridized carbons (Fsp3) is 1.00. The van der Waals surface area contributed by atoms with Gasteiger partial charge >= 0.3 is 0 Å². The first-order valence-corrected chi connectivity index (χ1v) is 6.31. The van der Waals surface area contributed by atoms with Crippen LogP contribution in [0, 0.1) is 5.92 Å². The molecule has 1 aliphatic rings. The van der Waals surface area contributed by atoms with Crippen molar-refractivity contribution < 1.29 is 8.42 Å². The van der Waals surface area contributed by atoms with Crippen molar-refractivity contribution in [2.24, 2.45) is 11.7 Å². The standard InChI is InChI=1S/C8H18N2O2S.ClH/c1-3-13(11,12)10-6-8(5-9)4-7(10)2;/h7-8H,3-6,9H2,1-2H3;1H. The Balaban J connectivity index is 0.00000169. The van der Waals surface area contributed by atoms with Gasteiger partial charge in [0.05, 0.1) is 5.75 Å². The van der Waals surface area contributed by atoms with E-state index in [0.29, 0.717) is 19.0 Å². The van der Waals surface area contributed by atoms with Gasteiger partial charge in [0.15, 0.2) is 0 Å². The van der Waals surface area contributed by atoms with Crippen molar-refractivity contribution in [1.82, 2.24) is 4.31 Å². The summed E-state index contributed by atoms with van der Waals surface area (Å²) in [6.45, 7) is 4.81. The molecule has 4 nitrogen and oxygen atoms in total. The Hall–Kier alpha value is 0.160. The topological polar surface area (TPSA) is 63.4 Å². The zero-order chi connectivity index (χ0) is 10.1. The number of rotatable bonds is 3. The minimum Gasteiger partial charge on any atom is -0.330 e. The molecule has 86 valence electrons. The van der Waals surface area contributed by atoms with E-state index in [-0.39, 0.29) is 24.2 Å². The lowest BCUT2D eigenvalue weighted by atomic mass is 10.1. The number of nitrogens with two attached hydrogens (primary N) is 1. The minimum absolute atomic E-state index is 0. The van der Waals surface area contributed by atoms with Crippen LogP contribution < -0.4 is 5.73 Å². The van der Waals surface area contributed by atoms with E-state index in [0.717, 1.165) is 6.42 Å². The van der Waals surface area contributed by atoms with Crippen LogP contribution in [0.2, 0.25) is 0 Å². The summed E-state index contributed by atoms with van der Waals surface area (Å²) in [6, 6.07) is 0.124. The monoisotopic (exact) mass is 242 g/mol. The third kappa shape index (κ3) is 2.82. The minimum atomic E-state index is -3.01. The van der Waals surface area contributed by atoms with Gasteiger partial charge in [0.1, 0.15) is 0 Å². The van der Waals surface area contributed by atoms with Gasteiger partial charge in [-0.3, -0.25) is 0 Å². The van der Waals surface area contributed by atoms with Crippen LogP contribution in [0.5, 0.6) is 0 Å². The van der Waals surface area contributed by atoms with Gasteiger partial charge in [-0.2, -0.15) is 4.31 Å². The molecule has 0 saturated carbocycles. The zero-order valence-electron chi connectivity index (χ0n) is 8.64. The molecular formula is C8H19ClN2O2S. The molecule has 1 fully saturated rings.